The first kappa shape index (κ1) is 22.8. The lowest BCUT2D eigenvalue weighted by atomic mass is 10.1. The SMILES string of the molecule is CC(C)[C@H](C)NC(=O)CSc1nnc(-c2cccnc2)n1-c1cccc(C(F)(F)F)c1. The highest BCUT2D eigenvalue weighted by Gasteiger charge is 2.31. The van der Waals surface area contributed by atoms with Crippen LogP contribution in [0.2, 0.25) is 0 Å². The second-order valence-corrected chi connectivity index (χ2v) is 8.26. The predicted octanol–water partition coefficient (Wildman–Crippen LogP) is 4.60. The number of halogens is 3. The third-order valence-corrected chi connectivity index (χ3v) is 5.63. The third kappa shape index (κ3) is 5.63. The average molecular weight is 450 g/mol. The fourth-order valence-corrected chi connectivity index (χ4v) is 3.45. The van der Waals surface area contributed by atoms with E-state index < -0.39 is 11.7 Å². The molecular formula is C21H22F3N5OS. The Labute approximate surface area is 182 Å². The molecule has 0 aliphatic rings. The fourth-order valence-electron chi connectivity index (χ4n) is 2.69. The zero-order chi connectivity index (χ0) is 22.6. The van der Waals surface area contributed by atoms with Crippen molar-refractivity contribution < 1.29 is 18.0 Å². The number of rotatable bonds is 7. The lowest BCUT2D eigenvalue weighted by molar-refractivity contribution is -0.137. The van der Waals surface area contributed by atoms with Gasteiger partial charge in [0, 0.05) is 24.0 Å². The molecule has 2 heterocycles. The molecule has 6 nitrogen and oxygen atoms in total. The molecule has 0 unspecified atom stereocenters. The molecule has 1 aromatic carbocycles. The number of nitrogens with zero attached hydrogens (tertiary/aromatic N) is 4. The second-order valence-electron chi connectivity index (χ2n) is 7.32. The largest absolute Gasteiger partial charge is 0.416 e. The van der Waals surface area contributed by atoms with Gasteiger partial charge >= 0.3 is 6.18 Å². The predicted molar refractivity (Wildman–Crippen MR) is 113 cm³/mol. The van der Waals surface area contributed by atoms with Crippen molar-refractivity contribution in [2.24, 2.45) is 5.92 Å². The van der Waals surface area contributed by atoms with Gasteiger partial charge in [0.2, 0.25) is 5.91 Å². The maximum atomic E-state index is 13.3. The van der Waals surface area contributed by atoms with Crippen molar-refractivity contribution in [3.05, 3.63) is 54.4 Å². The van der Waals surface area contributed by atoms with Crippen molar-refractivity contribution in [2.45, 2.75) is 38.1 Å². The standard InChI is InChI=1S/C21H22F3N5OS/c1-13(2)14(3)26-18(30)12-31-20-28-27-19(15-6-5-9-25-11-15)29(20)17-8-4-7-16(10-17)21(22,23)24/h4-11,13-14H,12H2,1-3H3,(H,26,30)/t14-/m0/s1. The summed E-state index contributed by atoms with van der Waals surface area (Å²) in [6.45, 7) is 5.92. The number of hydrogen-bond acceptors (Lipinski definition) is 5. The van der Waals surface area contributed by atoms with E-state index in [1.807, 2.05) is 20.8 Å². The van der Waals surface area contributed by atoms with Crippen LogP contribution in [0.15, 0.2) is 53.9 Å². The van der Waals surface area contributed by atoms with Crippen molar-refractivity contribution in [2.75, 3.05) is 5.75 Å². The molecule has 0 bridgehead atoms. The van der Waals surface area contributed by atoms with Gasteiger partial charge in [-0.05, 0) is 43.2 Å². The molecule has 3 rings (SSSR count). The van der Waals surface area contributed by atoms with Gasteiger partial charge in [-0.3, -0.25) is 14.3 Å². The summed E-state index contributed by atoms with van der Waals surface area (Å²) in [5.74, 6) is 0.486. The lowest BCUT2D eigenvalue weighted by Crippen LogP contribution is -2.37. The van der Waals surface area contributed by atoms with Gasteiger partial charge in [-0.1, -0.05) is 31.7 Å². The Kier molecular flexibility index (Phi) is 6.99. The Morgan fingerprint density at radius 1 is 1.16 bits per heavy atom. The highest BCUT2D eigenvalue weighted by Crippen LogP contribution is 2.33. The molecule has 1 N–H and O–H groups in total. The van der Waals surface area contributed by atoms with Crippen LogP contribution < -0.4 is 5.32 Å². The van der Waals surface area contributed by atoms with E-state index in [0.29, 0.717) is 16.5 Å². The average Bonchev–Trinajstić information content (AvgIpc) is 3.16. The number of aromatic nitrogens is 4. The van der Waals surface area contributed by atoms with E-state index in [9.17, 15) is 18.0 Å². The molecule has 0 aliphatic carbocycles. The summed E-state index contributed by atoms with van der Waals surface area (Å²) in [6, 6.07) is 8.36. The quantitative estimate of drug-likeness (QED) is 0.534. The molecule has 0 aliphatic heterocycles. The van der Waals surface area contributed by atoms with Crippen molar-refractivity contribution >= 4 is 17.7 Å². The van der Waals surface area contributed by atoms with E-state index in [1.165, 1.54) is 10.6 Å². The third-order valence-electron chi connectivity index (χ3n) is 4.71. The second kappa shape index (κ2) is 9.51. The van der Waals surface area contributed by atoms with E-state index in [1.54, 1.807) is 30.6 Å². The molecule has 0 saturated carbocycles. The van der Waals surface area contributed by atoms with E-state index in [2.05, 4.69) is 20.5 Å². The van der Waals surface area contributed by atoms with Crippen molar-refractivity contribution in [3.8, 4) is 17.1 Å². The zero-order valence-electron chi connectivity index (χ0n) is 17.2. The summed E-state index contributed by atoms with van der Waals surface area (Å²) in [5, 5.41) is 11.5. The maximum Gasteiger partial charge on any atom is 0.416 e. The number of hydrogen-bond donors (Lipinski definition) is 1. The molecule has 2 aromatic heterocycles. The molecule has 3 aromatic rings. The Balaban J connectivity index is 1.96. The Bertz CT molecular complexity index is 1040. The highest BCUT2D eigenvalue weighted by molar-refractivity contribution is 7.99. The van der Waals surface area contributed by atoms with Gasteiger partial charge in [0.15, 0.2) is 11.0 Å². The van der Waals surface area contributed by atoms with E-state index in [0.717, 1.165) is 23.9 Å². The lowest BCUT2D eigenvalue weighted by Gasteiger charge is -2.17. The van der Waals surface area contributed by atoms with Crippen molar-refractivity contribution in [1.29, 1.82) is 0 Å². The number of carbonyl (C=O) groups excluding carboxylic acids is 1. The maximum absolute atomic E-state index is 13.3. The van der Waals surface area contributed by atoms with Crippen molar-refractivity contribution in [1.82, 2.24) is 25.1 Å². The molecule has 0 radical (unpaired) electrons. The summed E-state index contributed by atoms with van der Waals surface area (Å²) in [4.78, 5) is 16.3. The summed E-state index contributed by atoms with van der Waals surface area (Å²) >= 11 is 1.11. The van der Waals surface area contributed by atoms with Gasteiger partial charge in [0.1, 0.15) is 0 Å². The van der Waals surface area contributed by atoms with Crippen LogP contribution in [0, 0.1) is 5.92 Å². The highest BCUT2D eigenvalue weighted by atomic mass is 32.2. The van der Waals surface area contributed by atoms with E-state index in [4.69, 9.17) is 0 Å². The molecule has 0 saturated heterocycles. The van der Waals surface area contributed by atoms with Crippen LogP contribution in [0.1, 0.15) is 26.3 Å². The summed E-state index contributed by atoms with van der Waals surface area (Å²) in [7, 11) is 0. The number of pyridine rings is 1. The topological polar surface area (TPSA) is 72.7 Å². The minimum Gasteiger partial charge on any atom is -0.353 e. The summed E-state index contributed by atoms with van der Waals surface area (Å²) in [6.07, 6.45) is -1.34. The normalized spacial score (nSPS) is 12.7. The zero-order valence-corrected chi connectivity index (χ0v) is 18.0. The van der Waals surface area contributed by atoms with Crippen LogP contribution in [0.5, 0.6) is 0 Å². The van der Waals surface area contributed by atoms with Crippen LogP contribution in [0.4, 0.5) is 13.2 Å². The molecule has 1 atom stereocenters. The Hall–Kier alpha value is -2.88. The van der Waals surface area contributed by atoms with Gasteiger partial charge in [-0.2, -0.15) is 13.2 Å². The van der Waals surface area contributed by atoms with Gasteiger partial charge in [0.25, 0.3) is 0 Å². The molecule has 164 valence electrons. The molecule has 0 fully saturated rings. The minimum absolute atomic E-state index is 0.000362. The van der Waals surface area contributed by atoms with E-state index >= 15 is 0 Å². The summed E-state index contributed by atoms with van der Waals surface area (Å²) in [5.41, 5.74) is 0.0598. The first-order chi connectivity index (χ1) is 14.7. The number of carbonyl (C=O) groups is 1. The molecule has 31 heavy (non-hydrogen) atoms. The first-order valence-corrected chi connectivity index (χ1v) is 10.6. The van der Waals surface area contributed by atoms with Crippen molar-refractivity contribution in [3.63, 3.8) is 0 Å². The van der Waals surface area contributed by atoms with Gasteiger partial charge in [0.05, 0.1) is 17.0 Å². The van der Waals surface area contributed by atoms with Crippen LogP contribution >= 0.6 is 11.8 Å². The molecule has 1 amide bonds. The number of alkyl halides is 3. The monoisotopic (exact) mass is 449 g/mol. The number of benzene rings is 1. The number of amides is 1. The van der Waals surface area contributed by atoms with Crippen LogP contribution in [-0.4, -0.2) is 37.5 Å². The molecular weight excluding hydrogens is 427 g/mol. The van der Waals surface area contributed by atoms with Crippen LogP contribution in [0.3, 0.4) is 0 Å². The molecule has 10 heteroatoms. The van der Waals surface area contributed by atoms with Crippen LogP contribution in [0.25, 0.3) is 17.1 Å². The van der Waals surface area contributed by atoms with Gasteiger partial charge in [-0.15, -0.1) is 10.2 Å². The van der Waals surface area contributed by atoms with Gasteiger partial charge in [-0.25, -0.2) is 0 Å². The fraction of sp³-hybridized carbons (Fsp3) is 0.333. The number of thioether (sulfide) groups is 1. The van der Waals surface area contributed by atoms with Crippen LogP contribution in [-0.2, 0) is 11.0 Å². The summed E-state index contributed by atoms with van der Waals surface area (Å²) < 4.78 is 41.3. The Morgan fingerprint density at radius 3 is 2.58 bits per heavy atom. The molecule has 0 spiro atoms. The first-order valence-electron chi connectivity index (χ1n) is 9.62. The van der Waals surface area contributed by atoms with Gasteiger partial charge < -0.3 is 5.32 Å². The Morgan fingerprint density at radius 2 is 1.94 bits per heavy atom. The number of nitrogens with one attached hydrogen (secondary N) is 1. The minimum atomic E-state index is -4.49. The van der Waals surface area contributed by atoms with E-state index in [-0.39, 0.29) is 29.3 Å². The smallest absolute Gasteiger partial charge is 0.353 e.